The molecular weight excluding hydrogens is 446 g/mol. The third-order valence-electron chi connectivity index (χ3n) is 2.15. The Morgan fingerprint density at radius 3 is 1.55 bits per heavy atom. The minimum absolute atomic E-state index is 0. The van der Waals surface area contributed by atoms with Crippen LogP contribution in [0, 0.1) is 6.92 Å². The number of carbonyl (C=O) groups excluding carboxylic acids is 2. The van der Waals surface area contributed by atoms with Crippen molar-refractivity contribution in [1.29, 1.82) is 0 Å². The molecule has 2 radical (unpaired) electrons. The molecule has 9 heteroatoms. The fraction of sp³-hybridized carbons (Fsp3) is 0.769. The maximum Gasteiger partial charge on any atom is 0.508 e. The number of hydrogen-bond donors (Lipinski definition) is 1. The van der Waals surface area contributed by atoms with Gasteiger partial charge in [-0.15, -0.1) is 6.42 Å². The summed E-state index contributed by atoms with van der Waals surface area (Å²) < 4.78 is 18.8. The molecule has 0 aromatic rings. The minimum atomic E-state index is -0.768. The van der Waals surface area contributed by atoms with Gasteiger partial charge in [-0.25, -0.2) is 9.59 Å². The zero-order valence-corrected chi connectivity index (χ0v) is 18.5. The standard InChI is InChI=1S/C13H23O7.2Y/c1-2-8-17-12(15)18-9-5-3-4-6-10-19-13(16)20-11-7-14;;/h14H,1-11H2;;/q-1;;. The van der Waals surface area contributed by atoms with E-state index in [1.165, 1.54) is 0 Å². The van der Waals surface area contributed by atoms with Gasteiger partial charge in [0.25, 0.3) is 0 Å². The van der Waals surface area contributed by atoms with Crippen molar-refractivity contribution in [2.24, 2.45) is 0 Å². The maximum atomic E-state index is 10.9. The van der Waals surface area contributed by atoms with Crippen LogP contribution in [0.25, 0.3) is 0 Å². The predicted molar refractivity (Wildman–Crippen MR) is 70.1 cm³/mol. The molecule has 22 heavy (non-hydrogen) atoms. The molecule has 124 valence electrons. The summed E-state index contributed by atoms with van der Waals surface area (Å²) in [6.45, 7) is 4.12. The Kier molecular flexibility index (Phi) is 27.2. The van der Waals surface area contributed by atoms with E-state index in [2.05, 4.69) is 16.4 Å². The van der Waals surface area contributed by atoms with E-state index in [4.69, 9.17) is 14.6 Å². The molecule has 0 saturated carbocycles. The van der Waals surface area contributed by atoms with E-state index in [1.807, 2.05) is 0 Å². The van der Waals surface area contributed by atoms with Crippen LogP contribution < -0.4 is 0 Å². The fourth-order valence-corrected chi connectivity index (χ4v) is 1.24. The second kappa shape index (κ2) is 21.7. The summed E-state index contributed by atoms with van der Waals surface area (Å²) in [4.78, 5) is 21.8. The van der Waals surface area contributed by atoms with Crippen molar-refractivity contribution in [2.75, 3.05) is 33.0 Å². The maximum absolute atomic E-state index is 10.9. The summed E-state index contributed by atoms with van der Waals surface area (Å²) in [7, 11) is 0. The van der Waals surface area contributed by atoms with Crippen molar-refractivity contribution in [1.82, 2.24) is 0 Å². The summed E-state index contributed by atoms with van der Waals surface area (Å²) >= 11 is 0. The van der Waals surface area contributed by atoms with Gasteiger partial charge in [-0.3, -0.25) is 0 Å². The first kappa shape index (κ1) is 27.6. The van der Waals surface area contributed by atoms with Crippen LogP contribution in [0.5, 0.6) is 0 Å². The second-order valence-corrected chi connectivity index (χ2v) is 3.89. The van der Waals surface area contributed by atoms with E-state index in [9.17, 15) is 9.59 Å². The van der Waals surface area contributed by atoms with E-state index in [1.54, 1.807) is 0 Å². The third-order valence-corrected chi connectivity index (χ3v) is 2.15. The van der Waals surface area contributed by atoms with Gasteiger partial charge in [0.1, 0.15) is 6.61 Å². The molecule has 0 atom stereocenters. The first-order chi connectivity index (χ1) is 9.70. The molecule has 0 rings (SSSR count). The molecule has 7 nitrogen and oxygen atoms in total. The first-order valence-electron chi connectivity index (χ1n) is 6.70. The zero-order valence-electron chi connectivity index (χ0n) is 12.8. The van der Waals surface area contributed by atoms with Crippen LogP contribution in [-0.2, 0) is 84.4 Å². The predicted octanol–water partition coefficient (Wildman–Crippen LogP) is 2.06. The number of aliphatic hydroxyl groups is 1. The van der Waals surface area contributed by atoms with Crippen molar-refractivity contribution in [3.63, 3.8) is 0 Å². The molecule has 1 N–H and O–H groups in total. The van der Waals surface area contributed by atoms with Gasteiger partial charge in [-0.05, 0) is 25.7 Å². The van der Waals surface area contributed by atoms with Gasteiger partial charge in [-0.1, -0.05) is 0 Å². The average Bonchev–Trinajstić information content (AvgIpc) is 2.45. The van der Waals surface area contributed by atoms with Crippen molar-refractivity contribution in [3.05, 3.63) is 6.92 Å². The Balaban J connectivity index is -0.00000180. The number of aliphatic hydroxyl groups excluding tert-OH is 1. The molecule has 0 spiro atoms. The van der Waals surface area contributed by atoms with Crippen molar-refractivity contribution < 1.29 is 99.1 Å². The van der Waals surface area contributed by atoms with Crippen LogP contribution in [0.4, 0.5) is 9.59 Å². The van der Waals surface area contributed by atoms with Crippen LogP contribution in [0.3, 0.4) is 0 Å². The summed E-state index contributed by atoms with van der Waals surface area (Å²) in [6.07, 6.45) is 2.24. The Hall–Kier alpha value is 0.708. The molecule has 0 bridgehead atoms. The molecule has 0 aromatic heterocycles. The zero-order chi connectivity index (χ0) is 15.1. The first-order valence-corrected chi connectivity index (χ1v) is 6.70. The fourth-order valence-electron chi connectivity index (χ4n) is 1.24. The molecule has 0 amide bonds. The monoisotopic (exact) mass is 469 g/mol. The number of hydrogen-bond acceptors (Lipinski definition) is 7. The Morgan fingerprint density at radius 2 is 1.14 bits per heavy atom. The quantitative estimate of drug-likeness (QED) is 0.282. The number of rotatable bonds is 11. The molecule has 0 aliphatic carbocycles. The van der Waals surface area contributed by atoms with E-state index in [0.717, 1.165) is 19.3 Å². The van der Waals surface area contributed by atoms with E-state index < -0.39 is 12.3 Å². The molecule has 0 aromatic carbocycles. The van der Waals surface area contributed by atoms with Crippen molar-refractivity contribution in [3.8, 4) is 0 Å². The van der Waals surface area contributed by atoms with Gasteiger partial charge in [0.2, 0.25) is 0 Å². The minimum Gasteiger partial charge on any atom is -0.437 e. The normalized spacial score (nSPS) is 9.00. The number of unbranched alkanes of at least 4 members (excludes halogenated alkanes) is 3. The molecule has 0 heterocycles. The van der Waals surface area contributed by atoms with Gasteiger partial charge in [0.15, 0.2) is 0 Å². The Labute approximate surface area is 181 Å². The van der Waals surface area contributed by atoms with Gasteiger partial charge in [0, 0.05) is 65.4 Å². The van der Waals surface area contributed by atoms with Gasteiger partial charge >= 0.3 is 12.3 Å². The van der Waals surface area contributed by atoms with Crippen LogP contribution >= 0.6 is 0 Å². The van der Waals surface area contributed by atoms with Crippen molar-refractivity contribution in [2.45, 2.75) is 32.1 Å². The van der Waals surface area contributed by atoms with Crippen LogP contribution in [0.1, 0.15) is 32.1 Å². The Morgan fingerprint density at radius 1 is 0.727 bits per heavy atom. The summed E-state index contributed by atoms with van der Waals surface area (Å²) in [5, 5.41) is 8.41. The van der Waals surface area contributed by atoms with E-state index in [0.29, 0.717) is 19.4 Å². The summed E-state index contributed by atoms with van der Waals surface area (Å²) in [6, 6.07) is 0. The van der Waals surface area contributed by atoms with Crippen LogP contribution in [0.15, 0.2) is 0 Å². The van der Waals surface area contributed by atoms with Crippen LogP contribution in [0.2, 0.25) is 0 Å². The third kappa shape index (κ3) is 20.7. The van der Waals surface area contributed by atoms with Gasteiger partial charge in [-0.2, -0.15) is 0 Å². The molecule has 0 fully saturated rings. The summed E-state index contributed by atoms with van der Waals surface area (Å²) in [5.41, 5.74) is 0. The largest absolute Gasteiger partial charge is 0.508 e. The molecule has 0 aliphatic heterocycles. The topological polar surface area (TPSA) is 91.3 Å². The summed E-state index contributed by atoms with van der Waals surface area (Å²) in [5.74, 6) is 0. The second-order valence-electron chi connectivity index (χ2n) is 3.89. The Bertz CT molecular complexity index is 239. The smallest absolute Gasteiger partial charge is 0.437 e. The molecular formula is C13H23O7Y2-. The molecule has 0 unspecified atom stereocenters. The van der Waals surface area contributed by atoms with Gasteiger partial charge in [0.05, 0.1) is 26.4 Å². The van der Waals surface area contributed by atoms with E-state index >= 15 is 0 Å². The van der Waals surface area contributed by atoms with E-state index in [-0.39, 0.29) is 91.8 Å². The van der Waals surface area contributed by atoms with Crippen molar-refractivity contribution >= 4 is 12.3 Å². The van der Waals surface area contributed by atoms with Crippen LogP contribution in [-0.4, -0.2) is 50.5 Å². The number of carbonyl (C=O) groups is 2. The van der Waals surface area contributed by atoms with Gasteiger partial charge < -0.3 is 31.0 Å². The SMILES string of the molecule is [CH2-]CCOC(=O)OCCCCCCOC(=O)OCCO.[Y].[Y]. The molecule has 0 saturated heterocycles. The number of ether oxygens (including phenoxy) is 4. The molecule has 0 aliphatic rings. The average molecular weight is 469 g/mol.